The number of fused-ring (bicyclic) bond motifs is 1. The Kier molecular flexibility index (Phi) is 4.40. The van der Waals surface area contributed by atoms with E-state index < -0.39 is 15.7 Å². The van der Waals surface area contributed by atoms with Gasteiger partial charge in [-0.25, -0.2) is 8.42 Å². The van der Waals surface area contributed by atoms with Gasteiger partial charge in [-0.2, -0.15) is 0 Å². The topological polar surface area (TPSA) is 77.2 Å². The molecule has 0 aliphatic heterocycles. The Morgan fingerprint density at radius 3 is 2.62 bits per heavy atom. The predicted molar refractivity (Wildman–Crippen MR) is 95.1 cm³/mol. The first-order valence-corrected chi connectivity index (χ1v) is 10.1. The highest BCUT2D eigenvalue weighted by Gasteiger charge is 2.27. The first kappa shape index (κ1) is 17.0. The van der Waals surface area contributed by atoms with E-state index in [4.69, 9.17) is 17.3 Å². The zero-order valence-corrected chi connectivity index (χ0v) is 14.8. The Hall–Kier alpha value is -1.85. The molecule has 0 aromatic heterocycles. The van der Waals surface area contributed by atoms with E-state index in [-0.39, 0.29) is 11.7 Å². The van der Waals surface area contributed by atoms with Gasteiger partial charge in [0.1, 0.15) is 0 Å². The van der Waals surface area contributed by atoms with Crippen molar-refractivity contribution in [1.29, 1.82) is 0 Å². The monoisotopic (exact) mass is 363 g/mol. The molecule has 0 radical (unpaired) electrons. The molecule has 0 heterocycles. The summed E-state index contributed by atoms with van der Waals surface area (Å²) in [6.45, 7) is 0. The maximum absolute atomic E-state index is 11.8. The second kappa shape index (κ2) is 6.22. The number of sulfone groups is 1. The predicted octanol–water partition coefficient (Wildman–Crippen LogP) is 3.06. The third kappa shape index (κ3) is 3.47. The zero-order chi connectivity index (χ0) is 17.5. The normalized spacial score (nSPS) is 16.8. The standard InChI is InChI=1S/C18H18ClNO3S/c1-24(22,23)10-11-2-5-16(18(20)21)17(8-11)15-6-3-12-9-13(19)4-7-14(12)15/h2,4-5,7-9,15H,3,6,10H2,1H3,(H2,20,21). The van der Waals surface area contributed by atoms with Crippen LogP contribution in [0.4, 0.5) is 0 Å². The van der Waals surface area contributed by atoms with Crippen LogP contribution in [-0.2, 0) is 22.0 Å². The van der Waals surface area contributed by atoms with Gasteiger partial charge in [-0.05, 0) is 53.3 Å². The maximum atomic E-state index is 11.8. The fourth-order valence-electron chi connectivity index (χ4n) is 3.43. The minimum absolute atomic E-state index is 0.0271. The number of amides is 1. The van der Waals surface area contributed by atoms with E-state index in [0.717, 1.165) is 29.5 Å². The minimum Gasteiger partial charge on any atom is -0.366 e. The number of carbonyl (C=O) groups is 1. The van der Waals surface area contributed by atoms with E-state index in [9.17, 15) is 13.2 Å². The number of carbonyl (C=O) groups excluding carboxylic acids is 1. The fraction of sp³-hybridized carbons (Fsp3) is 0.278. The van der Waals surface area contributed by atoms with Crippen LogP contribution in [0.3, 0.4) is 0 Å². The number of benzene rings is 2. The molecule has 1 aliphatic rings. The van der Waals surface area contributed by atoms with E-state index in [0.29, 0.717) is 16.1 Å². The second-order valence-electron chi connectivity index (χ2n) is 6.29. The summed E-state index contributed by atoms with van der Waals surface area (Å²) >= 11 is 6.06. The molecule has 1 aliphatic carbocycles. The van der Waals surface area contributed by atoms with Crippen molar-refractivity contribution in [1.82, 2.24) is 0 Å². The quantitative estimate of drug-likeness (QED) is 0.906. The molecule has 2 aromatic rings. The molecular weight excluding hydrogens is 346 g/mol. The van der Waals surface area contributed by atoms with Crippen molar-refractivity contribution in [3.05, 3.63) is 69.2 Å². The lowest BCUT2D eigenvalue weighted by atomic mass is 9.88. The Bertz CT molecular complexity index is 922. The van der Waals surface area contributed by atoms with E-state index in [1.165, 1.54) is 6.26 Å². The summed E-state index contributed by atoms with van der Waals surface area (Å²) in [7, 11) is -3.15. The number of primary amides is 1. The highest BCUT2D eigenvalue weighted by Crippen LogP contribution is 2.40. The van der Waals surface area contributed by atoms with E-state index in [2.05, 4.69) is 0 Å². The Labute approximate surface area is 146 Å². The van der Waals surface area contributed by atoms with Crippen molar-refractivity contribution < 1.29 is 13.2 Å². The number of nitrogens with two attached hydrogens (primary N) is 1. The molecule has 2 N–H and O–H groups in total. The molecule has 0 saturated heterocycles. The molecule has 0 bridgehead atoms. The van der Waals surface area contributed by atoms with Crippen molar-refractivity contribution in [2.24, 2.45) is 5.73 Å². The number of hydrogen-bond donors (Lipinski definition) is 1. The summed E-state index contributed by atoms with van der Waals surface area (Å²) in [6, 6.07) is 10.8. The molecule has 1 unspecified atom stereocenters. The molecule has 3 rings (SSSR count). The van der Waals surface area contributed by atoms with Gasteiger partial charge in [-0.3, -0.25) is 4.79 Å². The fourth-order valence-corrected chi connectivity index (χ4v) is 4.41. The highest BCUT2D eigenvalue weighted by atomic mass is 35.5. The van der Waals surface area contributed by atoms with Crippen LogP contribution in [0, 0.1) is 0 Å². The van der Waals surface area contributed by atoms with Gasteiger partial charge in [0, 0.05) is 22.8 Å². The molecule has 1 amide bonds. The molecular formula is C18H18ClNO3S. The molecule has 126 valence electrons. The van der Waals surface area contributed by atoms with Crippen molar-refractivity contribution in [2.75, 3.05) is 6.26 Å². The average molecular weight is 364 g/mol. The Morgan fingerprint density at radius 1 is 1.21 bits per heavy atom. The first-order chi connectivity index (χ1) is 11.2. The van der Waals surface area contributed by atoms with Crippen LogP contribution < -0.4 is 5.73 Å². The summed E-state index contributed by atoms with van der Waals surface area (Å²) < 4.78 is 23.2. The van der Waals surface area contributed by atoms with Gasteiger partial charge in [0.05, 0.1) is 5.75 Å². The lowest BCUT2D eigenvalue weighted by Crippen LogP contribution is -2.16. The van der Waals surface area contributed by atoms with Gasteiger partial charge < -0.3 is 5.73 Å². The number of aryl methyl sites for hydroxylation is 1. The van der Waals surface area contributed by atoms with Gasteiger partial charge in [-0.1, -0.05) is 29.8 Å². The van der Waals surface area contributed by atoms with Crippen LogP contribution >= 0.6 is 11.6 Å². The van der Waals surface area contributed by atoms with Crippen molar-refractivity contribution in [3.63, 3.8) is 0 Å². The molecule has 0 spiro atoms. The summed E-state index contributed by atoms with van der Waals surface area (Å²) in [5, 5.41) is 0.690. The number of rotatable bonds is 4. The van der Waals surface area contributed by atoms with Gasteiger partial charge >= 0.3 is 0 Å². The lowest BCUT2D eigenvalue weighted by Gasteiger charge is -2.17. The van der Waals surface area contributed by atoms with E-state index in [1.54, 1.807) is 18.2 Å². The van der Waals surface area contributed by atoms with Gasteiger partial charge in [0.2, 0.25) is 5.91 Å². The number of halogens is 1. The summed E-state index contributed by atoms with van der Waals surface area (Å²) in [5.41, 5.74) is 9.72. The van der Waals surface area contributed by atoms with Crippen LogP contribution in [0.5, 0.6) is 0 Å². The minimum atomic E-state index is -3.15. The lowest BCUT2D eigenvalue weighted by molar-refractivity contribution is 0.0999. The summed E-state index contributed by atoms with van der Waals surface area (Å²) in [4.78, 5) is 11.8. The average Bonchev–Trinajstić information content (AvgIpc) is 2.87. The number of hydrogen-bond acceptors (Lipinski definition) is 3. The van der Waals surface area contributed by atoms with Crippen LogP contribution in [0.2, 0.25) is 5.02 Å². The summed E-state index contributed by atoms with van der Waals surface area (Å²) in [5.74, 6) is -0.531. The van der Waals surface area contributed by atoms with Gasteiger partial charge in [-0.15, -0.1) is 0 Å². The summed E-state index contributed by atoms with van der Waals surface area (Å²) in [6.07, 6.45) is 2.91. The molecule has 0 saturated carbocycles. The molecule has 0 fully saturated rings. The smallest absolute Gasteiger partial charge is 0.248 e. The van der Waals surface area contributed by atoms with Gasteiger partial charge in [0.25, 0.3) is 0 Å². The molecule has 1 atom stereocenters. The van der Waals surface area contributed by atoms with Gasteiger partial charge in [0.15, 0.2) is 9.84 Å². The van der Waals surface area contributed by atoms with Crippen LogP contribution in [0.15, 0.2) is 36.4 Å². The third-order valence-corrected chi connectivity index (χ3v) is 5.46. The van der Waals surface area contributed by atoms with Crippen molar-refractivity contribution in [3.8, 4) is 0 Å². The largest absolute Gasteiger partial charge is 0.366 e. The second-order valence-corrected chi connectivity index (χ2v) is 8.87. The van der Waals surface area contributed by atoms with Crippen LogP contribution in [0.1, 0.15) is 45.0 Å². The first-order valence-electron chi connectivity index (χ1n) is 7.63. The van der Waals surface area contributed by atoms with E-state index in [1.807, 2.05) is 18.2 Å². The Morgan fingerprint density at radius 2 is 1.96 bits per heavy atom. The van der Waals surface area contributed by atoms with Crippen molar-refractivity contribution in [2.45, 2.75) is 24.5 Å². The Balaban J connectivity index is 2.10. The van der Waals surface area contributed by atoms with E-state index >= 15 is 0 Å². The van der Waals surface area contributed by atoms with Crippen LogP contribution in [0.25, 0.3) is 0 Å². The molecule has 24 heavy (non-hydrogen) atoms. The highest BCUT2D eigenvalue weighted by molar-refractivity contribution is 7.89. The zero-order valence-electron chi connectivity index (χ0n) is 13.3. The van der Waals surface area contributed by atoms with Crippen molar-refractivity contribution >= 4 is 27.3 Å². The molecule has 6 heteroatoms. The third-order valence-electron chi connectivity index (χ3n) is 4.37. The molecule has 4 nitrogen and oxygen atoms in total. The maximum Gasteiger partial charge on any atom is 0.248 e. The SMILES string of the molecule is CS(=O)(=O)Cc1ccc(C(N)=O)c(C2CCc3cc(Cl)ccc32)c1. The molecule has 2 aromatic carbocycles. The van der Waals surface area contributed by atoms with Crippen LogP contribution in [-0.4, -0.2) is 20.6 Å².